The number of hydrogen-bond donors (Lipinski definition) is 4. The van der Waals surface area contributed by atoms with Gasteiger partial charge >= 0.3 is 5.69 Å². The van der Waals surface area contributed by atoms with E-state index in [1.54, 1.807) is 6.92 Å². The normalized spacial score (nSPS) is 23.5. The Morgan fingerprint density at radius 2 is 1.90 bits per heavy atom. The van der Waals surface area contributed by atoms with Gasteiger partial charge in [0.15, 0.2) is 0 Å². The van der Waals surface area contributed by atoms with Crippen molar-refractivity contribution >= 4 is 5.91 Å². The van der Waals surface area contributed by atoms with Crippen LogP contribution >= 0.6 is 0 Å². The van der Waals surface area contributed by atoms with Crippen molar-refractivity contribution in [1.82, 2.24) is 14.9 Å². The second kappa shape index (κ2) is 10.0. The fourth-order valence-electron chi connectivity index (χ4n) is 3.60. The molecule has 9 heteroatoms. The minimum atomic E-state index is -1.30. The van der Waals surface area contributed by atoms with Gasteiger partial charge in [-0.25, -0.2) is 4.79 Å². The Bertz CT molecular complexity index is 1010. The molecule has 3 rings (SSSR count). The van der Waals surface area contributed by atoms with E-state index in [0.717, 1.165) is 12.0 Å². The van der Waals surface area contributed by atoms with Crippen LogP contribution in [0.15, 0.2) is 40.1 Å². The lowest BCUT2D eigenvalue weighted by molar-refractivity contribution is -0.158. The van der Waals surface area contributed by atoms with Crippen LogP contribution in [0.25, 0.3) is 0 Å². The Morgan fingerprint density at radius 1 is 1.19 bits per heavy atom. The van der Waals surface area contributed by atoms with Gasteiger partial charge in [-0.15, -0.1) is 0 Å². The summed E-state index contributed by atoms with van der Waals surface area (Å²) in [6, 6.07) is 7.40. The number of carbonyl (C=O) groups excluding carboxylic acids is 1. The molecule has 2 aromatic rings. The number of aryl methyl sites for hydroxylation is 3. The summed E-state index contributed by atoms with van der Waals surface area (Å²) in [4.78, 5) is 37.9. The van der Waals surface area contributed by atoms with Gasteiger partial charge in [-0.2, -0.15) is 0 Å². The summed E-state index contributed by atoms with van der Waals surface area (Å²) in [6.07, 6.45) is -0.278. The van der Waals surface area contributed by atoms with E-state index in [1.807, 2.05) is 31.2 Å². The lowest BCUT2D eigenvalue weighted by Gasteiger charge is -2.38. The third kappa shape index (κ3) is 5.90. The van der Waals surface area contributed by atoms with Gasteiger partial charge in [0.25, 0.3) is 5.56 Å². The van der Waals surface area contributed by atoms with Crippen molar-refractivity contribution in [1.29, 1.82) is 0 Å². The van der Waals surface area contributed by atoms with Crippen LogP contribution in [0.2, 0.25) is 0 Å². The number of ether oxygens (including phenoxy) is 1. The first kappa shape index (κ1) is 22.9. The van der Waals surface area contributed by atoms with Gasteiger partial charge in [0.1, 0.15) is 18.3 Å². The molecule has 0 saturated carbocycles. The summed E-state index contributed by atoms with van der Waals surface area (Å²) in [6.45, 7) is 3.55. The number of aliphatic hydroxyl groups excluding tert-OH is 2. The van der Waals surface area contributed by atoms with Crippen molar-refractivity contribution in [2.24, 2.45) is 0 Å². The van der Waals surface area contributed by atoms with E-state index in [4.69, 9.17) is 4.74 Å². The molecule has 0 radical (unpaired) electrons. The summed E-state index contributed by atoms with van der Waals surface area (Å²) in [5.74, 6) is -0.224. The van der Waals surface area contributed by atoms with E-state index in [1.165, 1.54) is 16.3 Å². The maximum Gasteiger partial charge on any atom is 0.328 e. The van der Waals surface area contributed by atoms with Crippen molar-refractivity contribution in [2.75, 3.05) is 6.61 Å². The highest BCUT2D eigenvalue weighted by atomic mass is 16.5. The van der Waals surface area contributed by atoms with Gasteiger partial charge in [-0.1, -0.05) is 29.8 Å². The Morgan fingerprint density at radius 3 is 2.61 bits per heavy atom. The molecule has 0 unspecified atom stereocenters. The van der Waals surface area contributed by atoms with Gasteiger partial charge in [-0.05, 0) is 32.3 Å². The smallest absolute Gasteiger partial charge is 0.328 e. The van der Waals surface area contributed by atoms with E-state index in [9.17, 15) is 24.6 Å². The molecule has 1 aliphatic heterocycles. The number of H-pyrrole nitrogens is 1. The Balaban J connectivity index is 1.49. The number of amides is 1. The van der Waals surface area contributed by atoms with Crippen LogP contribution in [-0.4, -0.2) is 56.6 Å². The van der Waals surface area contributed by atoms with Crippen molar-refractivity contribution in [3.8, 4) is 0 Å². The first-order valence-corrected chi connectivity index (χ1v) is 10.4. The minimum absolute atomic E-state index is 0.00365. The maximum atomic E-state index is 12.3. The molecule has 1 fully saturated rings. The number of aromatic nitrogens is 2. The zero-order chi connectivity index (χ0) is 22.5. The molecule has 1 aliphatic rings. The Labute approximate surface area is 179 Å². The highest BCUT2D eigenvalue weighted by Gasteiger charge is 2.39. The van der Waals surface area contributed by atoms with Crippen molar-refractivity contribution in [2.45, 2.75) is 64.0 Å². The highest BCUT2D eigenvalue weighted by molar-refractivity contribution is 5.76. The number of carbonyl (C=O) groups is 1. The number of nitrogens with zero attached hydrogens (tertiary/aromatic N) is 1. The van der Waals surface area contributed by atoms with E-state index < -0.39 is 35.6 Å². The van der Waals surface area contributed by atoms with Crippen LogP contribution in [-0.2, 0) is 22.5 Å². The summed E-state index contributed by atoms with van der Waals surface area (Å²) in [5.41, 5.74) is 1.60. The van der Waals surface area contributed by atoms with E-state index >= 15 is 0 Å². The molecule has 0 aliphatic carbocycles. The van der Waals surface area contributed by atoms with Gasteiger partial charge < -0.3 is 20.3 Å². The van der Waals surface area contributed by atoms with Crippen LogP contribution in [0.1, 0.15) is 29.5 Å². The number of aromatic amines is 1. The molecule has 168 valence electrons. The zero-order valence-electron chi connectivity index (χ0n) is 17.7. The van der Waals surface area contributed by atoms with Crippen LogP contribution in [0, 0.1) is 13.8 Å². The maximum absolute atomic E-state index is 12.3. The molecule has 9 nitrogen and oxygen atoms in total. The zero-order valence-corrected chi connectivity index (χ0v) is 17.7. The monoisotopic (exact) mass is 431 g/mol. The third-order valence-electron chi connectivity index (χ3n) is 5.53. The predicted octanol–water partition coefficient (Wildman–Crippen LogP) is -0.218. The molecule has 4 atom stereocenters. The highest BCUT2D eigenvalue weighted by Crippen LogP contribution is 2.17. The summed E-state index contributed by atoms with van der Waals surface area (Å²) in [5, 5.41) is 23.6. The Kier molecular flexibility index (Phi) is 7.42. The molecular weight excluding hydrogens is 402 g/mol. The molecule has 4 N–H and O–H groups in total. The number of rotatable bonds is 7. The molecular formula is C22H29N3O6. The molecule has 2 heterocycles. The predicted molar refractivity (Wildman–Crippen MR) is 114 cm³/mol. The summed E-state index contributed by atoms with van der Waals surface area (Å²) < 4.78 is 6.84. The second-order valence-corrected chi connectivity index (χ2v) is 8.09. The topological polar surface area (TPSA) is 134 Å². The average Bonchev–Trinajstić information content (AvgIpc) is 2.73. The van der Waals surface area contributed by atoms with Gasteiger partial charge in [0, 0.05) is 18.2 Å². The fraction of sp³-hybridized carbons (Fsp3) is 0.500. The SMILES string of the molecule is Cc1ccc(CCCC(=O)N[C@@H]2CO[C@H](Cn3cc(C)c(=O)[nH]c3=O)[C@@H](O)[C@H]2O)cc1. The molecule has 1 aromatic heterocycles. The van der Waals surface area contributed by atoms with Crippen LogP contribution in [0.5, 0.6) is 0 Å². The van der Waals surface area contributed by atoms with E-state index in [0.29, 0.717) is 18.4 Å². The molecule has 1 saturated heterocycles. The van der Waals surface area contributed by atoms with E-state index in [-0.39, 0.29) is 19.1 Å². The molecule has 1 amide bonds. The molecule has 1 aromatic carbocycles. The van der Waals surface area contributed by atoms with Crippen LogP contribution in [0.4, 0.5) is 0 Å². The van der Waals surface area contributed by atoms with Crippen LogP contribution < -0.4 is 16.6 Å². The lowest BCUT2D eigenvalue weighted by Crippen LogP contribution is -2.60. The Hall–Kier alpha value is -2.75. The van der Waals surface area contributed by atoms with Gasteiger partial charge in [0.05, 0.1) is 19.2 Å². The summed E-state index contributed by atoms with van der Waals surface area (Å²) in [7, 11) is 0. The van der Waals surface area contributed by atoms with E-state index in [2.05, 4.69) is 10.3 Å². The number of nitrogens with one attached hydrogen (secondary N) is 2. The minimum Gasteiger partial charge on any atom is -0.388 e. The quantitative estimate of drug-likeness (QED) is 0.479. The fourth-order valence-corrected chi connectivity index (χ4v) is 3.60. The standard InChI is InChI=1S/C22H29N3O6/c1-13-6-8-15(9-7-13)4-3-5-18(26)23-16-12-31-17(20(28)19(16)27)11-25-10-14(2)21(29)24-22(25)30/h6-10,16-17,19-20,27-28H,3-5,11-12H2,1-2H3,(H,23,26)(H,24,29,30)/t16-,17-,19+,20-/m1/s1. The second-order valence-electron chi connectivity index (χ2n) is 8.09. The van der Waals surface area contributed by atoms with Crippen LogP contribution in [0.3, 0.4) is 0 Å². The lowest BCUT2D eigenvalue weighted by atomic mass is 9.97. The average molecular weight is 431 g/mol. The number of benzene rings is 1. The van der Waals surface area contributed by atoms with Crippen molar-refractivity contribution < 1.29 is 19.7 Å². The largest absolute Gasteiger partial charge is 0.388 e. The molecule has 31 heavy (non-hydrogen) atoms. The number of aliphatic hydroxyl groups is 2. The van der Waals surface area contributed by atoms with Gasteiger partial charge in [-0.3, -0.25) is 19.1 Å². The van der Waals surface area contributed by atoms with Crippen molar-refractivity contribution in [3.63, 3.8) is 0 Å². The third-order valence-corrected chi connectivity index (χ3v) is 5.53. The molecule has 0 bridgehead atoms. The van der Waals surface area contributed by atoms with Crippen molar-refractivity contribution in [3.05, 3.63) is 68.0 Å². The summed E-state index contributed by atoms with van der Waals surface area (Å²) >= 11 is 0. The first-order valence-electron chi connectivity index (χ1n) is 10.4. The van der Waals surface area contributed by atoms with Gasteiger partial charge in [0.2, 0.25) is 5.91 Å². The molecule has 0 spiro atoms. The number of hydrogen-bond acceptors (Lipinski definition) is 6. The first-order chi connectivity index (χ1) is 14.7.